The largest absolute Gasteiger partial charge is 0.396 e. The van der Waals surface area contributed by atoms with Gasteiger partial charge in [0.25, 0.3) is 0 Å². The number of amides is 2. The average molecular weight is 214 g/mol. The van der Waals surface area contributed by atoms with Crippen LogP contribution < -0.4 is 10.6 Å². The van der Waals surface area contributed by atoms with E-state index in [9.17, 15) is 9.59 Å². The first-order chi connectivity index (χ1) is 7.24. The summed E-state index contributed by atoms with van der Waals surface area (Å²) in [6, 6.07) is 0.168. The third-order valence-electron chi connectivity index (χ3n) is 2.52. The van der Waals surface area contributed by atoms with Crippen LogP contribution in [0, 0.1) is 0 Å². The summed E-state index contributed by atoms with van der Waals surface area (Å²) in [5.74, 6) is -1.16. The lowest BCUT2D eigenvalue weighted by Crippen LogP contribution is -2.44. The molecule has 0 heterocycles. The van der Waals surface area contributed by atoms with Gasteiger partial charge in [0.2, 0.25) is 0 Å². The number of carbonyl (C=O) groups excluding carboxylic acids is 2. The van der Waals surface area contributed by atoms with Crippen molar-refractivity contribution in [3.05, 3.63) is 0 Å². The van der Waals surface area contributed by atoms with Crippen molar-refractivity contribution in [1.29, 1.82) is 0 Å². The Kier molecular flexibility index (Phi) is 5.10. The minimum atomic E-state index is -0.602. The Hall–Kier alpha value is -1.10. The smallest absolute Gasteiger partial charge is 0.309 e. The molecule has 0 spiro atoms. The average Bonchev–Trinajstić information content (AvgIpc) is 2.70. The molecule has 5 heteroatoms. The van der Waals surface area contributed by atoms with Crippen LogP contribution in [0.5, 0.6) is 0 Å². The molecule has 0 radical (unpaired) electrons. The van der Waals surface area contributed by atoms with E-state index in [1.54, 1.807) is 0 Å². The monoisotopic (exact) mass is 214 g/mol. The molecule has 0 bridgehead atoms. The zero-order valence-corrected chi connectivity index (χ0v) is 8.79. The summed E-state index contributed by atoms with van der Waals surface area (Å²) in [6.07, 6.45) is 4.65. The Balaban J connectivity index is 2.17. The van der Waals surface area contributed by atoms with Crippen molar-refractivity contribution in [3.63, 3.8) is 0 Å². The molecule has 1 aliphatic rings. The number of rotatable bonds is 4. The minimum absolute atomic E-state index is 0.0184. The van der Waals surface area contributed by atoms with Gasteiger partial charge in [0.1, 0.15) is 0 Å². The van der Waals surface area contributed by atoms with Gasteiger partial charge in [0.05, 0.1) is 0 Å². The fraction of sp³-hybridized carbons (Fsp3) is 0.800. The van der Waals surface area contributed by atoms with Crippen molar-refractivity contribution >= 4 is 11.8 Å². The zero-order valence-electron chi connectivity index (χ0n) is 8.79. The highest BCUT2D eigenvalue weighted by molar-refractivity contribution is 6.35. The molecule has 0 aliphatic heterocycles. The number of aliphatic hydroxyl groups excluding tert-OH is 1. The molecule has 0 saturated heterocycles. The quantitative estimate of drug-likeness (QED) is 0.438. The molecule has 0 atom stereocenters. The molecule has 5 nitrogen and oxygen atoms in total. The Labute approximate surface area is 89.2 Å². The fourth-order valence-electron chi connectivity index (χ4n) is 1.68. The van der Waals surface area contributed by atoms with Crippen molar-refractivity contribution in [2.75, 3.05) is 13.2 Å². The highest BCUT2D eigenvalue weighted by Gasteiger charge is 2.20. The third kappa shape index (κ3) is 4.29. The predicted molar refractivity (Wildman–Crippen MR) is 55.1 cm³/mol. The van der Waals surface area contributed by atoms with Crippen molar-refractivity contribution in [3.8, 4) is 0 Å². The lowest BCUT2D eigenvalue weighted by Gasteiger charge is -2.11. The van der Waals surface area contributed by atoms with Gasteiger partial charge in [-0.25, -0.2) is 0 Å². The number of hydrogen-bond acceptors (Lipinski definition) is 3. The highest BCUT2D eigenvalue weighted by Crippen LogP contribution is 2.17. The number of hydrogen-bond donors (Lipinski definition) is 3. The van der Waals surface area contributed by atoms with Gasteiger partial charge >= 0.3 is 11.8 Å². The van der Waals surface area contributed by atoms with Crippen LogP contribution in [-0.4, -0.2) is 36.1 Å². The molecule has 1 aliphatic carbocycles. The molecule has 0 aromatic heterocycles. The zero-order chi connectivity index (χ0) is 11.1. The van der Waals surface area contributed by atoms with Gasteiger partial charge in [-0.2, -0.15) is 0 Å². The van der Waals surface area contributed by atoms with Crippen molar-refractivity contribution < 1.29 is 14.7 Å². The van der Waals surface area contributed by atoms with Crippen LogP contribution in [0.2, 0.25) is 0 Å². The Morgan fingerprint density at radius 2 is 1.87 bits per heavy atom. The molecular weight excluding hydrogens is 196 g/mol. The standard InChI is InChI=1S/C10H18N2O3/c13-7-3-6-11-9(14)10(15)12-8-4-1-2-5-8/h8,13H,1-7H2,(H,11,14)(H,12,15). The Morgan fingerprint density at radius 1 is 1.20 bits per heavy atom. The van der Waals surface area contributed by atoms with Gasteiger partial charge in [-0.15, -0.1) is 0 Å². The lowest BCUT2D eigenvalue weighted by atomic mass is 10.2. The maximum atomic E-state index is 11.3. The van der Waals surface area contributed by atoms with Crippen LogP contribution in [0.3, 0.4) is 0 Å². The summed E-state index contributed by atoms with van der Waals surface area (Å²) < 4.78 is 0. The molecule has 86 valence electrons. The van der Waals surface area contributed by atoms with E-state index >= 15 is 0 Å². The summed E-state index contributed by atoms with van der Waals surface area (Å²) in [7, 11) is 0. The Bertz CT molecular complexity index is 225. The molecule has 1 fully saturated rings. The van der Waals surface area contributed by atoms with Gasteiger partial charge in [-0.05, 0) is 19.3 Å². The summed E-state index contributed by atoms with van der Waals surface area (Å²) in [5, 5.41) is 13.6. The predicted octanol–water partition coefficient (Wildman–Crippen LogP) is -0.456. The minimum Gasteiger partial charge on any atom is -0.396 e. The summed E-state index contributed by atoms with van der Waals surface area (Å²) in [4.78, 5) is 22.5. The summed E-state index contributed by atoms with van der Waals surface area (Å²) in [5.41, 5.74) is 0. The van der Waals surface area contributed by atoms with E-state index in [2.05, 4.69) is 10.6 Å². The molecule has 0 aromatic carbocycles. The van der Waals surface area contributed by atoms with Crippen LogP contribution in [0.4, 0.5) is 0 Å². The first kappa shape index (κ1) is 12.0. The molecule has 1 rings (SSSR count). The maximum absolute atomic E-state index is 11.3. The van der Waals surface area contributed by atoms with Gasteiger partial charge in [0, 0.05) is 19.2 Å². The van der Waals surface area contributed by atoms with Crippen LogP contribution >= 0.6 is 0 Å². The van der Waals surface area contributed by atoms with E-state index in [4.69, 9.17) is 5.11 Å². The van der Waals surface area contributed by atoms with Crippen LogP contribution in [-0.2, 0) is 9.59 Å². The van der Waals surface area contributed by atoms with Gasteiger partial charge < -0.3 is 15.7 Å². The first-order valence-corrected chi connectivity index (χ1v) is 5.43. The second-order valence-electron chi connectivity index (χ2n) is 3.79. The van der Waals surface area contributed by atoms with Crippen LogP contribution in [0.1, 0.15) is 32.1 Å². The topological polar surface area (TPSA) is 78.4 Å². The Morgan fingerprint density at radius 3 is 2.47 bits per heavy atom. The summed E-state index contributed by atoms with van der Waals surface area (Å²) in [6.45, 7) is 0.359. The molecular formula is C10H18N2O3. The first-order valence-electron chi connectivity index (χ1n) is 5.43. The second kappa shape index (κ2) is 6.40. The SMILES string of the molecule is O=C(NCCCO)C(=O)NC1CCCC1. The van der Waals surface area contributed by atoms with Crippen molar-refractivity contribution in [1.82, 2.24) is 10.6 Å². The van der Waals surface area contributed by atoms with E-state index in [0.29, 0.717) is 13.0 Å². The van der Waals surface area contributed by atoms with E-state index in [1.807, 2.05) is 0 Å². The molecule has 2 amide bonds. The number of aliphatic hydroxyl groups is 1. The molecule has 1 saturated carbocycles. The van der Waals surface area contributed by atoms with Gasteiger partial charge in [0.15, 0.2) is 0 Å². The number of nitrogens with one attached hydrogen (secondary N) is 2. The fourth-order valence-corrected chi connectivity index (χ4v) is 1.68. The van der Waals surface area contributed by atoms with E-state index < -0.39 is 11.8 Å². The molecule has 3 N–H and O–H groups in total. The van der Waals surface area contributed by atoms with E-state index in [-0.39, 0.29) is 12.6 Å². The van der Waals surface area contributed by atoms with Crippen molar-refractivity contribution in [2.45, 2.75) is 38.1 Å². The number of carbonyl (C=O) groups is 2. The third-order valence-corrected chi connectivity index (χ3v) is 2.52. The van der Waals surface area contributed by atoms with Gasteiger partial charge in [-0.3, -0.25) is 9.59 Å². The van der Waals surface area contributed by atoms with Crippen LogP contribution in [0.15, 0.2) is 0 Å². The maximum Gasteiger partial charge on any atom is 0.309 e. The van der Waals surface area contributed by atoms with Gasteiger partial charge in [-0.1, -0.05) is 12.8 Å². The van der Waals surface area contributed by atoms with Crippen molar-refractivity contribution in [2.24, 2.45) is 0 Å². The summed E-state index contributed by atoms with van der Waals surface area (Å²) >= 11 is 0. The normalized spacial score (nSPS) is 16.3. The molecule has 0 aromatic rings. The highest BCUT2D eigenvalue weighted by atomic mass is 16.3. The van der Waals surface area contributed by atoms with E-state index in [0.717, 1.165) is 25.7 Å². The van der Waals surface area contributed by atoms with E-state index in [1.165, 1.54) is 0 Å². The van der Waals surface area contributed by atoms with Crippen LogP contribution in [0.25, 0.3) is 0 Å². The molecule has 15 heavy (non-hydrogen) atoms. The molecule has 0 unspecified atom stereocenters. The second-order valence-corrected chi connectivity index (χ2v) is 3.79. The lowest BCUT2D eigenvalue weighted by molar-refractivity contribution is -0.139.